The molecular formula is C38H43N3O6S. The summed E-state index contributed by atoms with van der Waals surface area (Å²) >= 11 is 1.67. The molecule has 2 heterocycles. The maximum absolute atomic E-state index is 12.5. The fourth-order valence-corrected chi connectivity index (χ4v) is 6.55. The highest BCUT2D eigenvalue weighted by atomic mass is 32.2. The van der Waals surface area contributed by atoms with Gasteiger partial charge in [0.25, 0.3) is 0 Å². The molecule has 0 aliphatic carbocycles. The molecule has 0 spiro atoms. The summed E-state index contributed by atoms with van der Waals surface area (Å²) in [5.74, 6) is 0.353. The largest absolute Gasteiger partial charge is 0.392 e. The second-order valence-electron chi connectivity index (χ2n) is 11.8. The van der Waals surface area contributed by atoms with Crippen LogP contribution in [-0.2, 0) is 32.2 Å². The van der Waals surface area contributed by atoms with Gasteiger partial charge in [0.15, 0.2) is 6.29 Å². The van der Waals surface area contributed by atoms with Crippen molar-refractivity contribution in [3.05, 3.63) is 119 Å². The second kappa shape index (κ2) is 18.5. The number of aliphatic hydroxyl groups is 1. The van der Waals surface area contributed by atoms with Gasteiger partial charge in [-0.2, -0.15) is 0 Å². The van der Waals surface area contributed by atoms with E-state index in [-0.39, 0.29) is 37.0 Å². The van der Waals surface area contributed by atoms with Crippen molar-refractivity contribution in [3.63, 3.8) is 0 Å². The number of hydroxylamine groups is 1. The van der Waals surface area contributed by atoms with Gasteiger partial charge in [0.2, 0.25) is 11.8 Å². The molecule has 5 rings (SSSR count). The number of aliphatic hydroxyl groups excluding tert-OH is 1. The number of benzene rings is 3. The van der Waals surface area contributed by atoms with Gasteiger partial charge in [-0.15, -0.1) is 11.8 Å². The number of rotatable bonds is 16. The lowest BCUT2D eigenvalue weighted by Gasteiger charge is -2.36. The van der Waals surface area contributed by atoms with Crippen LogP contribution in [0.3, 0.4) is 0 Å². The van der Waals surface area contributed by atoms with Crippen LogP contribution in [0.2, 0.25) is 0 Å². The van der Waals surface area contributed by atoms with Crippen LogP contribution in [0.25, 0.3) is 11.1 Å². The highest BCUT2D eigenvalue weighted by Gasteiger charge is 2.32. The molecule has 2 amide bonds. The molecular weight excluding hydrogens is 627 g/mol. The maximum atomic E-state index is 12.5. The average molecular weight is 670 g/mol. The second-order valence-corrected chi connectivity index (χ2v) is 12.9. The predicted molar refractivity (Wildman–Crippen MR) is 185 cm³/mol. The van der Waals surface area contributed by atoms with Crippen LogP contribution in [0.5, 0.6) is 0 Å². The minimum absolute atomic E-state index is 0.000751. The molecule has 0 radical (unpaired) electrons. The van der Waals surface area contributed by atoms with Crippen molar-refractivity contribution in [2.45, 2.75) is 81.6 Å². The Morgan fingerprint density at radius 2 is 1.52 bits per heavy atom. The lowest BCUT2D eigenvalue weighted by atomic mass is 9.97. The molecule has 1 aliphatic rings. The Morgan fingerprint density at radius 3 is 2.23 bits per heavy atom. The normalized spacial score (nSPS) is 17.5. The molecule has 1 saturated heterocycles. The van der Waals surface area contributed by atoms with Gasteiger partial charge in [-0.1, -0.05) is 91.7 Å². The number of nitrogens with one attached hydrogen (secondary N) is 2. The number of ether oxygens (including phenoxy) is 2. The Labute approximate surface area is 286 Å². The van der Waals surface area contributed by atoms with Crippen LogP contribution in [0.15, 0.2) is 102 Å². The first kappa shape index (κ1) is 35.3. The summed E-state index contributed by atoms with van der Waals surface area (Å²) in [6, 6.07) is 30.1. The van der Waals surface area contributed by atoms with Crippen molar-refractivity contribution in [2.75, 3.05) is 5.75 Å². The summed E-state index contributed by atoms with van der Waals surface area (Å²) in [7, 11) is 0. The van der Waals surface area contributed by atoms with E-state index in [1.807, 2.05) is 72.8 Å². The van der Waals surface area contributed by atoms with E-state index in [2.05, 4.69) is 28.5 Å². The zero-order valence-electron chi connectivity index (χ0n) is 26.9. The van der Waals surface area contributed by atoms with Gasteiger partial charge >= 0.3 is 0 Å². The van der Waals surface area contributed by atoms with Crippen LogP contribution in [0.4, 0.5) is 0 Å². The summed E-state index contributed by atoms with van der Waals surface area (Å²) in [4.78, 5) is 28.1. The lowest BCUT2D eigenvalue weighted by molar-refractivity contribution is -0.245. The third kappa shape index (κ3) is 10.5. The summed E-state index contributed by atoms with van der Waals surface area (Å²) in [6.45, 7) is 0.424. The summed E-state index contributed by atoms with van der Waals surface area (Å²) in [5, 5.41) is 22.1. The molecule has 4 aromatic rings. The molecule has 0 unspecified atom stereocenters. The molecule has 3 atom stereocenters. The number of hydrogen-bond donors (Lipinski definition) is 4. The minimum atomic E-state index is -0.550. The van der Waals surface area contributed by atoms with Crippen LogP contribution in [0.1, 0.15) is 79.6 Å². The van der Waals surface area contributed by atoms with Crippen molar-refractivity contribution < 1.29 is 29.4 Å². The molecule has 1 aromatic heterocycles. The fraction of sp³-hybridized carbons (Fsp3) is 0.342. The van der Waals surface area contributed by atoms with E-state index in [0.29, 0.717) is 25.8 Å². The number of unbranched alkanes of at least 4 members (excludes halogenated alkanes) is 3. The highest BCUT2D eigenvalue weighted by Crippen LogP contribution is 2.40. The van der Waals surface area contributed by atoms with Crippen molar-refractivity contribution in [1.29, 1.82) is 0 Å². The van der Waals surface area contributed by atoms with Gasteiger partial charge in [0.1, 0.15) is 0 Å². The number of aromatic nitrogens is 1. The van der Waals surface area contributed by atoms with Gasteiger partial charge in [0.05, 0.1) is 23.8 Å². The van der Waals surface area contributed by atoms with Gasteiger partial charge in [-0.25, -0.2) is 10.5 Å². The first-order valence-electron chi connectivity index (χ1n) is 16.4. The van der Waals surface area contributed by atoms with Crippen LogP contribution < -0.4 is 10.8 Å². The summed E-state index contributed by atoms with van der Waals surface area (Å²) in [5.41, 5.74) is 7.57. The van der Waals surface area contributed by atoms with Crippen molar-refractivity contribution >= 4 is 23.6 Å². The smallest absolute Gasteiger partial charge is 0.243 e. The predicted octanol–water partition coefficient (Wildman–Crippen LogP) is 7.04. The van der Waals surface area contributed by atoms with Gasteiger partial charge in [-0.3, -0.25) is 14.8 Å². The van der Waals surface area contributed by atoms with E-state index in [1.165, 1.54) is 0 Å². The molecule has 9 nitrogen and oxygen atoms in total. The van der Waals surface area contributed by atoms with E-state index in [1.54, 1.807) is 23.4 Å². The molecule has 10 heteroatoms. The van der Waals surface area contributed by atoms with Crippen molar-refractivity contribution in [2.24, 2.45) is 0 Å². The number of carbonyl (C=O) groups excluding carboxylic acids is 2. The molecule has 0 bridgehead atoms. The molecule has 4 N–H and O–H groups in total. The van der Waals surface area contributed by atoms with Gasteiger partial charge in [0, 0.05) is 43.3 Å². The highest BCUT2D eigenvalue weighted by molar-refractivity contribution is 7.99. The standard InChI is InChI=1S/C38H43N3O6S/c42-25-27-14-16-29(17-15-27)34-23-32(26-48-37-13-7-8-22-39-37)46-38(47-34)30-20-18-28(19-21-30)33-10-6-5-9-31(33)24-40-35(43)11-3-1-2-4-12-36(44)41-45/h5-10,13-22,32,34,38,42,45H,1-4,11-12,23-26H2,(H,40,43)(H,41,44)/t32-,34+,38+/m0/s1. The minimum Gasteiger partial charge on any atom is -0.392 e. The maximum Gasteiger partial charge on any atom is 0.243 e. The molecule has 1 fully saturated rings. The number of pyridine rings is 1. The molecule has 0 saturated carbocycles. The first-order valence-corrected chi connectivity index (χ1v) is 17.4. The Morgan fingerprint density at radius 1 is 0.812 bits per heavy atom. The molecule has 3 aromatic carbocycles. The number of thioether (sulfide) groups is 1. The topological polar surface area (TPSA) is 130 Å². The molecule has 252 valence electrons. The first-order chi connectivity index (χ1) is 23.5. The van der Waals surface area contributed by atoms with E-state index >= 15 is 0 Å². The Bertz CT molecular complexity index is 1590. The lowest BCUT2D eigenvalue weighted by Crippen LogP contribution is -2.31. The van der Waals surface area contributed by atoms with E-state index in [0.717, 1.165) is 63.4 Å². The number of hydrogen-bond acceptors (Lipinski definition) is 8. The number of amides is 2. The monoisotopic (exact) mass is 669 g/mol. The Kier molecular flexibility index (Phi) is 13.6. The third-order valence-corrected chi connectivity index (χ3v) is 9.42. The Hall–Kier alpha value is -4.06. The van der Waals surface area contributed by atoms with Crippen LogP contribution in [0, 0.1) is 0 Å². The Balaban J connectivity index is 1.21. The zero-order valence-corrected chi connectivity index (χ0v) is 27.7. The molecule has 1 aliphatic heterocycles. The van der Waals surface area contributed by atoms with Crippen LogP contribution in [-0.4, -0.2) is 39.0 Å². The summed E-state index contributed by atoms with van der Waals surface area (Å²) < 4.78 is 13.0. The van der Waals surface area contributed by atoms with E-state index < -0.39 is 6.29 Å². The zero-order chi connectivity index (χ0) is 33.6. The van der Waals surface area contributed by atoms with Gasteiger partial charge in [-0.05, 0) is 52.8 Å². The summed E-state index contributed by atoms with van der Waals surface area (Å²) in [6.07, 6.45) is 5.56. The average Bonchev–Trinajstić information content (AvgIpc) is 3.15. The van der Waals surface area contributed by atoms with Crippen LogP contribution >= 0.6 is 11.8 Å². The van der Waals surface area contributed by atoms with Crippen molar-refractivity contribution in [1.82, 2.24) is 15.8 Å². The van der Waals surface area contributed by atoms with E-state index in [4.69, 9.17) is 14.7 Å². The SMILES string of the molecule is O=C(CCCCCCC(=O)NCc1ccccc1-c1ccc([C@@H]2O[C@H](CSc3ccccn3)C[C@H](c3ccc(CO)cc3)O2)cc1)NO. The molecule has 48 heavy (non-hydrogen) atoms. The number of carbonyl (C=O) groups is 2. The fourth-order valence-electron chi connectivity index (χ4n) is 5.67. The quantitative estimate of drug-likeness (QED) is 0.0433. The number of nitrogens with zero attached hydrogens (tertiary/aromatic N) is 1. The van der Waals surface area contributed by atoms with E-state index in [9.17, 15) is 14.7 Å². The van der Waals surface area contributed by atoms with Gasteiger partial charge < -0.3 is 19.9 Å². The third-order valence-electron chi connectivity index (χ3n) is 8.34. The van der Waals surface area contributed by atoms with Crippen molar-refractivity contribution in [3.8, 4) is 11.1 Å².